The molecule has 0 radical (unpaired) electrons. The molecule has 0 unspecified atom stereocenters. The number of hydrogen-bond donors (Lipinski definition) is 0. The Morgan fingerprint density at radius 3 is 1.50 bits per heavy atom. The topological polar surface area (TPSA) is 41.5 Å². The van der Waals surface area contributed by atoms with Crippen LogP contribution in [0.2, 0.25) is 0 Å². The Labute approximate surface area is 91.8 Å². The maximum absolute atomic E-state index is 11.2. The summed E-state index contributed by atoms with van der Waals surface area (Å²) >= 11 is 4.61. The third-order valence-electron chi connectivity index (χ3n) is 0.680. The third kappa shape index (κ3) is 9.24. The Hall–Kier alpha value is 1.15. The van der Waals surface area contributed by atoms with Crippen molar-refractivity contribution in [3.05, 3.63) is 0 Å². The summed E-state index contributed by atoms with van der Waals surface area (Å²) in [6.45, 7) is 3.84. The molecule has 0 aromatic heterocycles. The normalized spacial score (nSPS) is 11.9. The molecule has 0 aliphatic carbocycles. The van der Waals surface area contributed by atoms with Crippen LogP contribution in [0.1, 0.15) is 27.7 Å². The molecule has 0 aliphatic heterocycles. The Kier molecular flexibility index (Phi) is 8.57. The molecular weight excluding hydrogens is 248 g/mol. The molecule has 0 saturated heterocycles. The van der Waals surface area contributed by atoms with Crippen molar-refractivity contribution >= 4 is 18.5 Å². The molecule has 70 valence electrons. The van der Waals surface area contributed by atoms with Gasteiger partial charge in [0, 0.05) is 19.5 Å². The van der Waals surface area contributed by atoms with E-state index >= 15 is 0 Å². The summed E-state index contributed by atoms with van der Waals surface area (Å²) in [7, 11) is 0. The molecule has 6 heteroatoms. The minimum Gasteiger partial charge on any atom is -0.780 e. The fraction of sp³-hybridized carbons (Fsp3) is 1.00. The molecule has 0 aromatic carbocycles. The van der Waals surface area contributed by atoms with Crippen LogP contribution in [0.3, 0.4) is 0 Å². The molecule has 0 fully saturated rings. The van der Waals surface area contributed by atoms with E-state index in [4.69, 9.17) is 9.05 Å². The molecule has 0 rings (SSSR count). The molecule has 0 saturated carbocycles. The smallest absolute Gasteiger partial charge is 0.116 e. The van der Waals surface area contributed by atoms with Crippen molar-refractivity contribution in [2.24, 2.45) is 0 Å². The van der Waals surface area contributed by atoms with Crippen LogP contribution in [0.25, 0.3) is 0 Å². The summed E-state index contributed by atoms with van der Waals surface area (Å²) < 4.78 is 9.79. The molecule has 0 aliphatic rings. The van der Waals surface area contributed by atoms with Crippen molar-refractivity contribution in [3.8, 4) is 0 Å². The van der Waals surface area contributed by atoms with E-state index in [1.807, 2.05) is 0 Å². The summed E-state index contributed by atoms with van der Waals surface area (Å²) in [5.74, 6) is 0. The second-order valence-corrected chi connectivity index (χ2v) is 5.41. The van der Waals surface area contributed by atoms with Gasteiger partial charge in [-0.15, -0.1) is 0 Å². The molecule has 3 nitrogen and oxygen atoms in total. The Bertz CT molecular complexity index is 149. The second-order valence-electron chi connectivity index (χ2n) is 2.76. The molecule has 0 amide bonds. The van der Waals surface area contributed by atoms with Crippen LogP contribution < -0.4 is 4.89 Å². The van der Waals surface area contributed by atoms with Gasteiger partial charge in [-0.1, -0.05) is 11.8 Å². The van der Waals surface area contributed by atoms with Crippen molar-refractivity contribution in [3.63, 3.8) is 0 Å². The predicted molar refractivity (Wildman–Crippen MR) is 46.7 cm³/mol. The Morgan fingerprint density at radius 2 is 1.33 bits per heavy atom. The maximum atomic E-state index is 11.2. The van der Waals surface area contributed by atoms with Crippen LogP contribution in [0.5, 0.6) is 0 Å². The van der Waals surface area contributed by atoms with Gasteiger partial charge in [-0.05, 0) is 27.7 Å². The van der Waals surface area contributed by atoms with Crippen molar-refractivity contribution in [1.82, 2.24) is 0 Å². The van der Waals surface area contributed by atoms with Gasteiger partial charge >= 0.3 is 0 Å². The van der Waals surface area contributed by atoms with Gasteiger partial charge in [-0.25, -0.2) is 0 Å². The fourth-order valence-corrected chi connectivity index (χ4v) is 2.66. The first kappa shape index (κ1) is 15.6. The molecule has 0 aromatic rings. The van der Waals surface area contributed by atoms with E-state index in [2.05, 4.69) is 11.8 Å². The summed E-state index contributed by atoms with van der Waals surface area (Å²) in [5, 5.41) is 0. The first-order valence-electron chi connectivity index (χ1n) is 3.51. The van der Waals surface area contributed by atoms with E-state index in [9.17, 15) is 4.89 Å². The van der Waals surface area contributed by atoms with E-state index in [1.165, 1.54) is 0 Å². The monoisotopic (exact) mass is 261 g/mol. The quantitative estimate of drug-likeness (QED) is 0.568. The maximum Gasteiger partial charge on any atom is 0.116 e. The van der Waals surface area contributed by atoms with Gasteiger partial charge in [0.1, 0.15) is 6.72 Å². The zero-order chi connectivity index (χ0) is 9.07. The van der Waals surface area contributed by atoms with E-state index in [-0.39, 0.29) is 31.7 Å². The molecule has 0 N–H and O–H groups in total. The Balaban J connectivity index is 0. The van der Waals surface area contributed by atoms with Crippen LogP contribution in [0.15, 0.2) is 0 Å². The third-order valence-corrected chi connectivity index (χ3v) is 2.56. The second kappa shape index (κ2) is 6.58. The van der Waals surface area contributed by atoms with Crippen molar-refractivity contribution in [2.45, 2.75) is 39.9 Å². The predicted octanol–water partition coefficient (Wildman–Crippen LogP) is 1.42. The number of hydrogen-bond acceptors (Lipinski definition) is 4. The van der Waals surface area contributed by atoms with Crippen LogP contribution in [0.4, 0.5) is 0 Å². The molecular formula is C6H14O3PSZn-. The van der Waals surface area contributed by atoms with Gasteiger partial charge in [-0.2, -0.15) is 0 Å². The zero-order valence-electron chi connectivity index (χ0n) is 7.94. The zero-order valence-corrected chi connectivity index (χ0v) is 12.6. The van der Waals surface area contributed by atoms with Crippen molar-refractivity contribution < 1.29 is 33.4 Å². The van der Waals surface area contributed by atoms with Gasteiger partial charge in [0.25, 0.3) is 0 Å². The van der Waals surface area contributed by atoms with E-state index in [0.29, 0.717) is 0 Å². The fourth-order valence-electron chi connectivity index (χ4n) is 0.541. The average molecular weight is 263 g/mol. The van der Waals surface area contributed by atoms with E-state index in [1.54, 1.807) is 27.7 Å². The Morgan fingerprint density at radius 1 is 1.08 bits per heavy atom. The van der Waals surface area contributed by atoms with E-state index < -0.39 is 6.72 Å². The summed E-state index contributed by atoms with van der Waals surface area (Å²) in [6, 6.07) is 0. The first-order valence-corrected chi connectivity index (χ1v) is 6.07. The largest absolute Gasteiger partial charge is 0.780 e. The van der Waals surface area contributed by atoms with Gasteiger partial charge < -0.3 is 13.9 Å². The minimum atomic E-state index is -3.22. The van der Waals surface area contributed by atoms with Crippen LogP contribution in [-0.4, -0.2) is 12.2 Å². The summed E-state index contributed by atoms with van der Waals surface area (Å²) in [4.78, 5) is 11.2. The number of rotatable bonds is 4. The summed E-state index contributed by atoms with van der Waals surface area (Å²) in [5.41, 5.74) is 0. The molecule has 0 bridgehead atoms. The molecule has 12 heavy (non-hydrogen) atoms. The molecule has 0 spiro atoms. The standard InChI is InChI=1S/C6H15O3PS.Zn/c1-5(2)8-10(7,11)9-6(3)4;/h5-6H,1-4H3,(H,7,11);/p-1. The summed E-state index contributed by atoms with van der Waals surface area (Å²) in [6.07, 6.45) is -0.311. The van der Waals surface area contributed by atoms with Crippen LogP contribution in [-0.2, 0) is 40.3 Å². The van der Waals surface area contributed by atoms with Gasteiger partial charge in [-0.3, -0.25) is 0 Å². The van der Waals surface area contributed by atoms with Gasteiger partial charge in [0.15, 0.2) is 0 Å². The van der Waals surface area contributed by atoms with Gasteiger partial charge in [0.05, 0.1) is 12.2 Å². The average Bonchev–Trinajstić information content (AvgIpc) is 1.53. The first-order chi connectivity index (χ1) is 4.83. The minimum absolute atomic E-state index is 0. The van der Waals surface area contributed by atoms with Gasteiger partial charge in [0.2, 0.25) is 0 Å². The van der Waals surface area contributed by atoms with E-state index in [0.717, 1.165) is 0 Å². The van der Waals surface area contributed by atoms with Crippen LogP contribution >= 0.6 is 6.72 Å². The van der Waals surface area contributed by atoms with Crippen molar-refractivity contribution in [1.29, 1.82) is 0 Å². The van der Waals surface area contributed by atoms with Crippen LogP contribution in [0, 0.1) is 0 Å². The SMILES string of the molecule is CC(C)OP([O-])(=S)OC(C)C.[Zn]. The van der Waals surface area contributed by atoms with Crippen molar-refractivity contribution in [2.75, 3.05) is 0 Å². The molecule has 0 atom stereocenters. The molecule has 0 heterocycles.